The van der Waals surface area contributed by atoms with Gasteiger partial charge in [0.05, 0.1) is 0 Å². The molecule has 0 aliphatic heterocycles. The molecular formula is C47H33N. The van der Waals surface area contributed by atoms with Crippen molar-refractivity contribution in [3.05, 3.63) is 164 Å². The van der Waals surface area contributed by atoms with Crippen LogP contribution in [0.5, 0.6) is 0 Å². The molecule has 9 aromatic rings. The van der Waals surface area contributed by atoms with Crippen LogP contribution in [0.1, 0.15) is 26.3 Å². The van der Waals surface area contributed by atoms with E-state index in [0.717, 1.165) is 22.3 Å². The minimum atomic E-state index is 0.0629. The van der Waals surface area contributed by atoms with E-state index in [9.17, 15) is 0 Å². The summed E-state index contributed by atoms with van der Waals surface area (Å²) in [7, 11) is 0. The number of hydrogen-bond donors (Lipinski definition) is 0. The summed E-state index contributed by atoms with van der Waals surface area (Å²) in [5.41, 5.74) is 10.5. The average Bonchev–Trinajstić information content (AvgIpc) is 3.13. The van der Waals surface area contributed by atoms with Crippen LogP contribution >= 0.6 is 0 Å². The standard InChI is InChI=1S/C47H33N/c1-47(2,3)38-26-35-21-23-41-43(33-15-13-30(14-16-33)37-10-7-25-48-29-37)28-44(42-24-22-36(27-38)45(35)46(41)42)34-19-17-32(18-20-34)40-12-6-9-31-8-4-5-11-39(31)40/h4-17,19,21-29H,1-3H3. The Labute approximate surface area is 281 Å². The van der Waals surface area contributed by atoms with Crippen LogP contribution in [-0.2, 0) is 5.41 Å². The van der Waals surface area contributed by atoms with Crippen LogP contribution in [-0.4, -0.2) is 4.98 Å². The van der Waals surface area contributed by atoms with Gasteiger partial charge in [0.2, 0.25) is 0 Å². The fourth-order valence-electron chi connectivity index (χ4n) is 7.34. The highest BCUT2D eigenvalue weighted by atomic mass is 14.6. The van der Waals surface area contributed by atoms with Crippen molar-refractivity contribution >= 4 is 43.1 Å². The molecule has 0 saturated heterocycles. The second kappa shape index (κ2) is 10.8. The number of benzene rings is 7. The van der Waals surface area contributed by atoms with E-state index >= 15 is 0 Å². The summed E-state index contributed by atoms with van der Waals surface area (Å²) < 4.78 is 0. The van der Waals surface area contributed by atoms with Crippen molar-refractivity contribution in [3.8, 4) is 44.5 Å². The highest BCUT2D eigenvalue weighted by molar-refractivity contribution is 6.28. The van der Waals surface area contributed by atoms with Gasteiger partial charge < -0.3 is 0 Å². The topological polar surface area (TPSA) is 12.9 Å². The van der Waals surface area contributed by atoms with Crippen LogP contribution in [0, 0.1) is 12.1 Å². The molecule has 0 N–H and O–H groups in total. The molecule has 48 heavy (non-hydrogen) atoms. The number of nitrogens with zero attached hydrogens (tertiary/aromatic N) is 1. The van der Waals surface area contributed by atoms with E-state index in [0.29, 0.717) is 0 Å². The zero-order chi connectivity index (χ0) is 32.4. The Bertz CT molecular complexity index is 2580. The lowest BCUT2D eigenvalue weighted by molar-refractivity contribution is 0.591. The van der Waals surface area contributed by atoms with Crippen molar-refractivity contribution < 1.29 is 0 Å². The molecule has 1 aromatic heterocycles. The lowest BCUT2D eigenvalue weighted by atomic mass is 9.81. The summed E-state index contributed by atoms with van der Waals surface area (Å²) >= 11 is 0. The molecule has 226 valence electrons. The van der Waals surface area contributed by atoms with E-state index < -0.39 is 0 Å². The summed E-state index contributed by atoms with van der Waals surface area (Å²) in [5, 5.41) is 10.2. The van der Waals surface area contributed by atoms with Crippen LogP contribution in [0.3, 0.4) is 0 Å². The fourth-order valence-corrected chi connectivity index (χ4v) is 7.34. The van der Waals surface area contributed by atoms with Crippen molar-refractivity contribution in [1.29, 1.82) is 0 Å². The monoisotopic (exact) mass is 611 g/mol. The second-order valence-corrected chi connectivity index (χ2v) is 13.9. The molecule has 0 aliphatic rings. The molecule has 0 spiro atoms. The van der Waals surface area contributed by atoms with Crippen LogP contribution in [0.25, 0.3) is 87.6 Å². The van der Waals surface area contributed by atoms with Gasteiger partial charge in [-0.3, -0.25) is 4.98 Å². The van der Waals surface area contributed by atoms with E-state index in [4.69, 9.17) is 0 Å². The van der Waals surface area contributed by atoms with Gasteiger partial charge in [0.15, 0.2) is 0 Å². The molecule has 0 radical (unpaired) electrons. The van der Waals surface area contributed by atoms with Gasteiger partial charge in [-0.15, -0.1) is 0 Å². The lowest BCUT2D eigenvalue weighted by Crippen LogP contribution is -2.10. The zero-order valence-electron chi connectivity index (χ0n) is 27.3. The van der Waals surface area contributed by atoms with Crippen molar-refractivity contribution in [2.45, 2.75) is 26.2 Å². The Balaban J connectivity index is 1.27. The zero-order valence-corrected chi connectivity index (χ0v) is 27.3. The van der Waals surface area contributed by atoms with Crippen LogP contribution in [0.2, 0.25) is 0 Å². The van der Waals surface area contributed by atoms with Crippen molar-refractivity contribution in [3.63, 3.8) is 0 Å². The van der Waals surface area contributed by atoms with Gasteiger partial charge in [-0.25, -0.2) is 0 Å². The third-order valence-corrected chi connectivity index (χ3v) is 9.89. The van der Waals surface area contributed by atoms with Gasteiger partial charge in [0.1, 0.15) is 0 Å². The van der Waals surface area contributed by atoms with E-state index in [1.807, 2.05) is 18.5 Å². The van der Waals surface area contributed by atoms with Gasteiger partial charge in [0, 0.05) is 23.5 Å². The first-order valence-electron chi connectivity index (χ1n) is 16.6. The molecule has 1 nitrogen and oxygen atoms in total. The Hall–Kier alpha value is -5.97. The number of fused-ring (bicyclic) bond motifs is 1. The second-order valence-electron chi connectivity index (χ2n) is 13.9. The van der Waals surface area contributed by atoms with Gasteiger partial charge >= 0.3 is 0 Å². The first-order valence-corrected chi connectivity index (χ1v) is 16.6. The molecule has 0 saturated carbocycles. The quantitative estimate of drug-likeness (QED) is 0.180. The molecule has 0 bridgehead atoms. The maximum Gasteiger partial charge on any atom is 0.0346 e. The van der Waals surface area contributed by atoms with E-state index in [1.165, 1.54) is 70.9 Å². The van der Waals surface area contributed by atoms with Gasteiger partial charge in [-0.1, -0.05) is 142 Å². The Morgan fingerprint density at radius 1 is 0.458 bits per heavy atom. The maximum absolute atomic E-state index is 4.33. The molecule has 1 heterocycles. The van der Waals surface area contributed by atoms with Crippen molar-refractivity contribution in [2.75, 3.05) is 0 Å². The van der Waals surface area contributed by atoms with Crippen LogP contribution in [0.4, 0.5) is 0 Å². The number of hydrogen-bond acceptors (Lipinski definition) is 1. The molecule has 8 aromatic carbocycles. The summed E-state index contributed by atoms with van der Waals surface area (Å²) in [6.45, 7) is 6.87. The molecular weight excluding hydrogens is 579 g/mol. The number of rotatable bonds is 4. The summed E-state index contributed by atoms with van der Waals surface area (Å²) in [6.07, 6.45) is 3.74. The highest BCUT2D eigenvalue weighted by Gasteiger charge is 2.20. The Morgan fingerprint density at radius 3 is 1.81 bits per heavy atom. The molecule has 0 unspecified atom stereocenters. The largest absolute Gasteiger partial charge is 0.264 e. The Kier molecular flexibility index (Phi) is 6.36. The SMILES string of the molecule is CC(C)(C)c1cc2ccc3c(-c4c#cc(-c5cccc6ccccc56)cc4)cc(-c4ccc(-c5cccnc5)cc4)c4ccc(c1)c2c34. The molecule has 0 fully saturated rings. The third kappa shape index (κ3) is 4.61. The molecule has 0 amide bonds. The third-order valence-electron chi connectivity index (χ3n) is 9.89. The van der Waals surface area contributed by atoms with Crippen LogP contribution in [0.15, 0.2) is 146 Å². The fraction of sp³-hybridized carbons (Fsp3) is 0.0851. The van der Waals surface area contributed by atoms with Gasteiger partial charge in [-0.2, -0.15) is 0 Å². The first-order chi connectivity index (χ1) is 23.4. The lowest BCUT2D eigenvalue weighted by Gasteiger charge is -2.22. The van der Waals surface area contributed by atoms with Gasteiger partial charge in [-0.05, 0) is 112 Å². The van der Waals surface area contributed by atoms with E-state index in [2.05, 4.69) is 165 Å². The molecule has 0 aliphatic carbocycles. The number of pyridine rings is 1. The minimum Gasteiger partial charge on any atom is -0.264 e. The van der Waals surface area contributed by atoms with E-state index in [1.54, 1.807) is 0 Å². The van der Waals surface area contributed by atoms with Crippen molar-refractivity contribution in [1.82, 2.24) is 4.98 Å². The summed E-state index contributed by atoms with van der Waals surface area (Å²) in [5.74, 6) is 0. The number of aromatic nitrogens is 1. The van der Waals surface area contributed by atoms with Crippen molar-refractivity contribution in [2.24, 2.45) is 0 Å². The summed E-state index contributed by atoms with van der Waals surface area (Å²) in [6, 6.07) is 55.9. The predicted octanol–water partition coefficient (Wildman–Crippen LogP) is 12.7. The maximum atomic E-state index is 4.33. The molecule has 0 atom stereocenters. The normalized spacial score (nSPS) is 11.9. The average molecular weight is 612 g/mol. The summed E-state index contributed by atoms with van der Waals surface area (Å²) in [4.78, 5) is 4.33. The van der Waals surface area contributed by atoms with Crippen LogP contribution < -0.4 is 0 Å². The smallest absolute Gasteiger partial charge is 0.0346 e. The van der Waals surface area contributed by atoms with E-state index in [-0.39, 0.29) is 5.41 Å². The predicted molar refractivity (Wildman–Crippen MR) is 204 cm³/mol. The first kappa shape index (κ1) is 28.3. The highest BCUT2D eigenvalue weighted by Crippen LogP contribution is 2.45. The molecule has 1 heteroatoms. The Morgan fingerprint density at radius 2 is 1.12 bits per heavy atom. The minimum absolute atomic E-state index is 0.0629. The van der Waals surface area contributed by atoms with Gasteiger partial charge in [0.25, 0.3) is 0 Å². The molecule has 9 rings (SSSR count).